The number of carbonyl (C=O) groups is 2. The zero-order chi connectivity index (χ0) is 30.2. The predicted octanol–water partition coefficient (Wildman–Crippen LogP) is 4.23. The van der Waals surface area contributed by atoms with Crippen molar-refractivity contribution in [2.75, 3.05) is 63.2 Å². The van der Waals surface area contributed by atoms with Gasteiger partial charge in [0.2, 0.25) is 11.8 Å². The maximum absolute atomic E-state index is 13.7. The molecule has 1 heterocycles. The van der Waals surface area contributed by atoms with Gasteiger partial charge < -0.3 is 30.7 Å². The van der Waals surface area contributed by atoms with Gasteiger partial charge in [-0.05, 0) is 47.0 Å². The Bertz CT molecular complexity index is 1350. The molecule has 2 atom stereocenters. The monoisotopic (exact) mass is 613 g/mol. The average molecular weight is 615 g/mol. The quantitative estimate of drug-likeness (QED) is 0.277. The largest absolute Gasteiger partial charge is 0.379 e. The molecule has 0 aliphatic carbocycles. The number of benzene rings is 3. The summed E-state index contributed by atoms with van der Waals surface area (Å²) in [6.07, 6.45) is -1.15. The van der Waals surface area contributed by atoms with E-state index in [9.17, 15) is 14.7 Å². The minimum absolute atomic E-state index is 0.0128. The summed E-state index contributed by atoms with van der Waals surface area (Å²) in [5.74, 6) is -0.256. The van der Waals surface area contributed by atoms with Crippen LogP contribution < -0.4 is 16.0 Å². The lowest BCUT2D eigenvalue weighted by atomic mass is 9.99. The number of ether oxygens (including phenoxy) is 1. The van der Waals surface area contributed by atoms with Gasteiger partial charge in [-0.2, -0.15) is 0 Å². The van der Waals surface area contributed by atoms with Crippen molar-refractivity contribution in [1.29, 1.82) is 0 Å². The summed E-state index contributed by atoms with van der Waals surface area (Å²) in [7, 11) is 1.80. The lowest BCUT2D eigenvalue weighted by Gasteiger charge is -2.36. The molecule has 4 rings (SSSR count). The van der Waals surface area contributed by atoms with E-state index >= 15 is 0 Å². The molecule has 4 N–H and O–H groups in total. The second-order valence-corrected chi connectivity index (χ2v) is 11.2. The zero-order valence-corrected chi connectivity index (χ0v) is 25.3. The van der Waals surface area contributed by atoms with E-state index in [1.807, 2.05) is 48.5 Å². The topological polar surface area (TPSA) is 111 Å². The van der Waals surface area contributed by atoms with Crippen molar-refractivity contribution < 1.29 is 19.4 Å². The van der Waals surface area contributed by atoms with Crippen LogP contribution in [0.3, 0.4) is 0 Å². The number of likely N-dealkylation sites (N-methyl/N-ethyl adjacent to an activating group) is 1. The first-order chi connectivity index (χ1) is 20.1. The van der Waals surface area contributed by atoms with E-state index in [2.05, 4.69) is 10.2 Å². The van der Waals surface area contributed by atoms with Crippen LogP contribution in [-0.4, -0.2) is 85.9 Å². The summed E-state index contributed by atoms with van der Waals surface area (Å²) in [5.41, 5.74) is 10.1. The van der Waals surface area contributed by atoms with Crippen LogP contribution in [0.15, 0.2) is 66.7 Å². The van der Waals surface area contributed by atoms with Gasteiger partial charge in [-0.25, -0.2) is 0 Å². The van der Waals surface area contributed by atoms with Gasteiger partial charge in [0.1, 0.15) is 6.23 Å². The van der Waals surface area contributed by atoms with E-state index in [0.29, 0.717) is 35.5 Å². The molecule has 0 aromatic heterocycles. The SMILES string of the molecule is CC(=O)Nc1ccc(-c2ccc(C(CN3CCOCC3)N(C)C(=O)CN(CC(N)O)c3ccc(Cl)c(Cl)c3)cc2)cc1. The third-order valence-corrected chi connectivity index (χ3v) is 7.97. The minimum Gasteiger partial charge on any atom is -0.379 e. The molecule has 1 saturated heterocycles. The first-order valence-electron chi connectivity index (χ1n) is 13.8. The van der Waals surface area contributed by atoms with Crippen molar-refractivity contribution in [3.63, 3.8) is 0 Å². The number of nitrogens with two attached hydrogens (primary N) is 1. The molecule has 0 radical (unpaired) electrons. The summed E-state index contributed by atoms with van der Waals surface area (Å²) in [4.78, 5) is 30.8. The Morgan fingerprint density at radius 3 is 2.19 bits per heavy atom. The molecule has 9 nitrogen and oxygen atoms in total. The van der Waals surface area contributed by atoms with E-state index in [0.717, 1.165) is 35.5 Å². The number of anilines is 2. The molecule has 0 spiro atoms. The van der Waals surface area contributed by atoms with Crippen LogP contribution in [0.5, 0.6) is 0 Å². The Morgan fingerprint density at radius 2 is 1.62 bits per heavy atom. The van der Waals surface area contributed by atoms with Gasteiger partial charge in [-0.3, -0.25) is 14.5 Å². The predicted molar refractivity (Wildman–Crippen MR) is 168 cm³/mol. The number of aliphatic hydroxyl groups is 1. The first kappa shape index (κ1) is 31.7. The number of aliphatic hydroxyl groups excluding tert-OH is 1. The average Bonchev–Trinajstić information content (AvgIpc) is 2.97. The van der Waals surface area contributed by atoms with Crippen molar-refractivity contribution in [3.05, 3.63) is 82.3 Å². The van der Waals surface area contributed by atoms with Gasteiger partial charge in [0.25, 0.3) is 0 Å². The number of amides is 2. The second kappa shape index (κ2) is 14.8. The number of nitrogens with zero attached hydrogens (tertiary/aromatic N) is 3. The van der Waals surface area contributed by atoms with Gasteiger partial charge >= 0.3 is 0 Å². The molecule has 0 bridgehead atoms. The van der Waals surface area contributed by atoms with Crippen molar-refractivity contribution in [2.24, 2.45) is 5.73 Å². The number of carbonyl (C=O) groups excluding carboxylic acids is 2. The van der Waals surface area contributed by atoms with Crippen LogP contribution in [0, 0.1) is 0 Å². The molecule has 3 aromatic rings. The summed E-state index contributed by atoms with van der Waals surface area (Å²) in [6, 6.07) is 20.7. The van der Waals surface area contributed by atoms with Gasteiger partial charge in [-0.1, -0.05) is 59.6 Å². The van der Waals surface area contributed by atoms with Gasteiger partial charge in [0.15, 0.2) is 0 Å². The van der Waals surface area contributed by atoms with Crippen LogP contribution in [0.4, 0.5) is 11.4 Å². The second-order valence-electron chi connectivity index (χ2n) is 10.4. The summed E-state index contributed by atoms with van der Waals surface area (Å²) >= 11 is 12.3. The Balaban J connectivity index is 1.56. The molecule has 42 heavy (non-hydrogen) atoms. The van der Waals surface area contributed by atoms with E-state index in [1.54, 1.807) is 35.0 Å². The Hall–Kier alpha value is -3.18. The maximum Gasteiger partial charge on any atom is 0.242 e. The molecule has 2 amide bonds. The molecule has 1 aliphatic rings. The number of morpholine rings is 1. The van der Waals surface area contributed by atoms with Gasteiger partial charge in [0, 0.05) is 45.0 Å². The van der Waals surface area contributed by atoms with Crippen LogP contribution in [0.1, 0.15) is 18.5 Å². The minimum atomic E-state index is -1.15. The van der Waals surface area contributed by atoms with Crippen molar-refractivity contribution in [3.8, 4) is 11.1 Å². The van der Waals surface area contributed by atoms with E-state index in [4.69, 9.17) is 33.7 Å². The molecule has 2 unspecified atom stereocenters. The highest BCUT2D eigenvalue weighted by atomic mass is 35.5. The zero-order valence-electron chi connectivity index (χ0n) is 23.8. The summed E-state index contributed by atoms with van der Waals surface area (Å²) in [5, 5.41) is 13.5. The van der Waals surface area contributed by atoms with Crippen molar-refractivity contribution in [1.82, 2.24) is 9.80 Å². The number of halogens is 2. The lowest BCUT2D eigenvalue weighted by molar-refractivity contribution is -0.131. The molecule has 1 fully saturated rings. The van der Waals surface area contributed by atoms with Crippen LogP contribution in [0.2, 0.25) is 10.0 Å². The number of nitrogens with one attached hydrogen (secondary N) is 1. The first-order valence-corrected chi connectivity index (χ1v) is 14.5. The molecule has 11 heteroatoms. The third kappa shape index (κ3) is 8.67. The van der Waals surface area contributed by atoms with Crippen LogP contribution >= 0.6 is 23.2 Å². The Labute approximate surface area is 256 Å². The molecular formula is C31H37Cl2N5O4. The van der Waals surface area contributed by atoms with Crippen molar-refractivity contribution in [2.45, 2.75) is 19.2 Å². The van der Waals surface area contributed by atoms with E-state index in [1.165, 1.54) is 6.92 Å². The summed E-state index contributed by atoms with van der Waals surface area (Å²) < 4.78 is 5.54. The standard InChI is InChI=1S/C31H37Cl2N5O4/c1-21(39)35-25-9-7-23(8-10-25)22-3-5-24(6-4-22)29(18-37-13-15-42-16-14-37)36(2)31(41)20-38(19-30(34)40)26-11-12-27(32)28(33)17-26/h3-12,17,29-30,40H,13-16,18-20,34H2,1-2H3,(H,35,39). The van der Waals surface area contributed by atoms with Crippen molar-refractivity contribution >= 4 is 46.4 Å². The molecule has 1 aliphatic heterocycles. The molecule has 3 aromatic carbocycles. The van der Waals surface area contributed by atoms with Gasteiger partial charge in [-0.15, -0.1) is 0 Å². The Kier molecular flexibility index (Phi) is 11.2. The smallest absolute Gasteiger partial charge is 0.242 e. The number of hydrogen-bond donors (Lipinski definition) is 3. The highest BCUT2D eigenvalue weighted by Crippen LogP contribution is 2.29. The van der Waals surface area contributed by atoms with Crippen LogP contribution in [-0.2, 0) is 14.3 Å². The Morgan fingerprint density at radius 1 is 1.00 bits per heavy atom. The normalized spacial score (nSPS) is 15.1. The number of rotatable bonds is 11. The van der Waals surface area contributed by atoms with Gasteiger partial charge in [0.05, 0.1) is 42.4 Å². The molecule has 224 valence electrons. The lowest BCUT2D eigenvalue weighted by Crippen LogP contribution is -2.47. The van der Waals surface area contributed by atoms with Crippen LogP contribution in [0.25, 0.3) is 11.1 Å². The number of hydrogen-bond acceptors (Lipinski definition) is 7. The fraction of sp³-hybridized carbons (Fsp3) is 0.355. The third-order valence-electron chi connectivity index (χ3n) is 7.23. The van der Waals surface area contributed by atoms with E-state index < -0.39 is 6.23 Å². The fourth-order valence-electron chi connectivity index (χ4n) is 4.94. The summed E-state index contributed by atoms with van der Waals surface area (Å²) in [6.45, 7) is 5.02. The highest BCUT2D eigenvalue weighted by Gasteiger charge is 2.27. The highest BCUT2D eigenvalue weighted by molar-refractivity contribution is 6.42. The van der Waals surface area contributed by atoms with E-state index in [-0.39, 0.29) is 30.9 Å². The maximum atomic E-state index is 13.7. The fourth-order valence-corrected chi connectivity index (χ4v) is 5.24. The molecule has 0 saturated carbocycles. The molecular weight excluding hydrogens is 577 g/mol.